The van der Waals surface area contributed by atoms with Crippen LogP contribution in [0.25, 0.3) is 0 Å². The van der Waals surface area contributed by atoms with Gasteiger partial charge in [0, 0.05) is 25.7 Å². The average molecular weight is 435 g/mol. The van der Waals surface area contributed by atoms with E-state index in [2.05, 4.69) is 44.6 Å². The van der Waals surface area contributed by atoms with E-state index >= 15 is 0 Å². The Bertz CT molecular complexity index is 1100. The van der Waals surface area contributed by atoms with E-state index in [1.54, 1.807) is 18.2 Å². The molecular weight excluding hydrogens is 407 g/mol. The van der Waals surface area contributed by atoms with Crippen LogP contribution >= 0.6 is 0 Å². The molecule has 1 aliphatic carbocycles. The lowest BCUT2D eigenvalue weighted by Crippen LogP contribution is -2.38. The van der Waals surface area contributed by atoms with E-state index in [0.717, 1.165) is 32.5 Å². The fourth-order valence-electron chi connectivity index (χ4n) is 5.47. The first-order chi connectivity index (χ1) is 15.5. The molecule has 1 saturated heterocycles. The number of carbonyl (C=O) groups excluding carboxylic acids is 1. The van der Waals surface area contributed by atoms with E-state index in [0.29, 0.717) is 23.2 Å². The minimum atomic E-state index is -0.347. The van der Waals surface area contributed by atoms with Crippen molar-refractivity contribution in [2.75, 3.05) is 13.1 Å². The fourth-order valence-corrected chi connectivity index (χ4v) is 5.47. The Labute approximate surface area is 186 Å². The third kappa shape index (κ3) is 4.05. The summed E-state index contributed by atoms with van der Waals surface area (Å²) < 4.78 is 19.6. The SMILES string of the molecule is Cc1noc(C23CC(NC(=O)Cc4ccccc4F)CC2CN(Cc2ccccc2)C3)n1. The van der Waals surface area contributed by atoms with Gasteiger partial charge in [-0.2, -0.15) is 4.98 Å². The van der Waals surface area contributed by atoms with Crippen LogP contribution < -0.4 is 5.32 Å². The van der Waals surface area contributed by atoms with Crippen LogP contribution in [-0.4, -0.2) is 40.1 Å². The lowest BCUT2D eigenvalue weighted by Gasteiger charge is -2.25. The summed E-state index contributed by atoms with van der Waals surface area (Å²) in [5.41, 5.74) is 1.42. The second-order valence-electron chi connectivity index (χ2n) is 9.13. The molecule has 1 aromatic heterocycles. The topological polar surface area (TPSA) is 71.3 Å². The maximum Gasteiger partial charge on any atom is 0.234 e. The Morgan fingerprint density at radius 1 is 1.22 bits per heavy atom. The molecule has 2 heterocycles. The summed E-state index contributed by atoms with van der Waals surface area (Å²) in [6.07, 6.45) is 1.63. The number of nitrogens with zero attached hydrogens (tertiary/aromatic N) is 3. The highest BCUT2D eigenvalue weighted by Crippen LogP contribution is 2.50. The molecule has 32 heavy (non-hydrogen) atoms. The molecule has 0 radical (unpaired) electrons. The van der Waals surface area contributed by atoms with E-state index in [-0.39, 0.29) is 29.6 Å². The van der Waals surface area contributed by atoms with Crippen molar-refractivity contribution in [3.63, 3.8) is 0 Å². The van der Waals surface area contributed by atoms with Gasteiger partial charge in [-0.25, -0.2) is 4.39 Å². The number of benzene rings is 2. The highest BCUT2D eigenvalue weighted by molar-refractivity contribution is 5.79. The number of likely N-dealkylation sites (tertiary alicyclic amines) is 1. The first-order valence-electron chi connectivity index (χ1n) is 11.1. The number of aromatic nitrogens is 2. The van der Waals surface area contributed by atoms with Crippen molar-refractivity contribution in [3.05, 3.63) is 83.3 Å². The predicted octanol–water partition coefficient (Wildman–Crippen LogP) is 3.41. The average Bonchev–Trinajstić information content (AvgIpc) is 3.43. The first kappa shape index (κ1) is 20.8. The van der Waals surface area contributed by atoms with Crippen LogP contribution in [0.5, 0.6) is 0 Å². The van der Waals surface area contributed by atoms with Gasteiger partial charge in [0.15, 0.2) is 5.82 Å². The third-order valence-corrected chi connectivity index (χ3v) is 6.82. The van der Waals surface area contributed by atoms with Crippen LogP contribution in [0.1, 0.15) is 35.7 Å². The molecule has 3 aromatic rings. The monoisotopic (exact) mass is 434 g/mol. The fraction of sp³-hybridized carbons (Fsp3) is 0.400. The number of fused-ring (bicyclic) bond motifs is 1. The maximum atomic E-state index is 13.9. The van der Waals surface area contributed by atoms with Crippen molar-refractivity contribution in [1.29, 1.82) is 0 Å². The predicted molar refractivity (Wildman–Crippen MR) is 117 cm³/mol. The van der Waals surface area contributed by atoms with E-state index in [4.69, 9.17) is 4.52 Å². The van der Waals surface area contributed by atoms with Gasteiger partial charge in [-0.15, -0.1) is 0 Å². The molecule has 3 unspecified atom stereocenters. The zero-order chi connectivity index (χ0) is 22.1. The van der Waals surface area contributed by atoms with Gasteiger partial charge in [-0.3, -0.25) is 9.69 Å². The van der Waals surface area contributed by atoms with Gasteiger partial charge >= 0.3 is 0 Å². The van der Waals surface area contributed by atoms with Crippen molar-refractivity contribution in [2.24, 2.45) is 5.92 Å². The molecule has 1 amide bonds. The van der Waals surface area contributed by atoms with Gasteiger partial charge in [0.2, 0.25) is 11.8 Å². The van der Waals surface area contributed by atoms with Crippen molar-refractivity contribution >= 4 is 5.91 Å². The lowest BCUT2D eigenvalue weighted by atomic mass is 9.80. The quantitative estimate of drug-likeness (QED) is 0.644. The molecule has 1 N–H and O–H groups in total. The lowest BCUT2D eigenvalue weighted by molar-refractivity contribution is -0.121. The number of amides is 1. The number of aryl methyl sites for hydroxylation is 1. The molecule has 166 valence electrons. The minimum absolute atomic E-state index is 0.00496. The summed E-state index contributed by atoms with van der Waals surface area (Å²) in [7, 11) is 0. The van der Waals surface area contributed by atoms with Crippen molar-refractivity contribution in [2.45, 2.75) is 44.2 Å². The minimum Gasteiger partial charge on any atom is -0.353 e. The molecule has 2 aliphatic rings. The summed E-state index contributed by atoms with van der Waals surface area (Å²) in [5, 5.41) is 7.18. The molecule has 2 fully saturated rings. The van der Waals surface area contributed by atoms with Gasteiger partial charge in [0.05, 0.1) is 11.8 Å². The van der Waals surface area contributed by atoms with Gasteiger partial charge in [-0.1, -0.05) is 53.7 Å². The van der Waals surface area contributed by atoms with Crippen LogP contribution in [0.15, 0.2) is 59.1 Å². The third-order valence-electron chi connectivity index (χ3n) is 6.82. The number of hydrogen-bond donors (Lipinski definition) is 1. The van der Waals surface area contributed by atoms with Crippen molar-refractivity contribution in [3.8, 4) is 0 Å². The van der Waals surface area contributed by atoms with E-state index < -0.39 is 0 Å². The number of rotatable bonds is 6. The Morgan fingerprint density at radius 3 is 2.75 bits per heavy atom. The summed E-state index contributed by atoms with van der Waals surface area (Å²) in [6, 6.07) is 16.9. The van der Waals surface area contributed by atoms with Gasteiger partial charge in [0.1, 0.15) is 5.82 Å². The van der Waals surface area contributed by atoms with Crippen LogP contribution in [0.2, 0.25) is 0 Å². The Morgan fingerprint density at radius 2 is 2.00 bits per heavy atom. The molecule has 1 saturated carbocycles. The summed E-state index contributed by atoms with van der Waals surface area (Å²) >= 11 is 0. The molecule has 5 rings (SSSR count). The standard InChI is InChI=1S/C25H27FN4O2/c1-17-27-24(32-29-17)25-13-21(28-23(31)11-19-9-5-6-10-22(19)26)12-20(25)15-30(16-25)14-18-7-3-2-4-8-18/h2-10,20-21H,11-16H2,1H3,(H,28,31). The molecular formula is C25H27FN4O2. The largest absolute Gasteiger partial charge is 0.353 e. The van der Waals surface area contributed by atoms with E-state index in [9.17, 15) is 9.18 Å². The molecule has 1 aliphatic heterocycles. The zero-order valence-corrected chi connectivity index (χ0v) is 18.1. The van der Waals surface area contributed by atoms with Crippen LogP contribution in [-0.2, 0) is 23.2 Å². The summed E-state index contributed by atoms with van der Waals surface area (Å²) in [6.45, 7) is 4.43. The van der Waals surface area contributed by atoms with E-state index in [1.165, 1.54) is 11.6 Å². The second kappa shape index (κ2) is 8.47. The van der Waals surface area contributed by atoms with Crippen LogP contribution in [0.4, 0.5) is 4.39 Å². The number of hydrogen-bond acceptors (Lipinski definition) is 5. The first-order valence-corrected chi connectivity index (χ1v) is 11.1. The van der Waals surface area contributed by atoms with E-state index in [1.807, 2.05) is 13.0 Å². The molecule has 2 aromatic carbocycles. The van der Waals surface area contributed by atoms with Gasteiger partial charge in [-0.05, 0) is 42.9 Å². The van der Waals surface area contributed by atoms with Gasteiger partial charge < -0.3 is 9.84 Å². The van der Waals surface area contributed by atoms with Crippen molar-refractivity contribution in [1.82, 2.24) is 20.4 Å². The maximum absolute atomic E-state index is 13.9. The number of nitrogens with one attached hydrogen (secondary N) is 1. The second-order valence-corrected chi connectivity index (χ2v) is 9.13. The molecule has 6 nitrogen and oxygen atoms in total. The Kier molecular flexibility index (Phi) is 5.51. The highest BCUT2D eigenvalue weighted by atomic mass is 19.1. The number of halogens is 1. The molecule has 0 bridgehead atoms. The summed E-state index contributed by atoms with van der Waals surface area (Å²) in [4.78, 5) is 19.7. The van der Waals surface area contributed by atoms with Crippen LogP contribution in [0.3, 0.4) is 0 Å². The summed E-state index contributed by atoms with van der Waals surface area (Å²) in [5.74, 6) is 1.10. The highest BCUT2D eigenvalue weighted by Gasteiger charge is 2.57. The molecule has 7 heteroatoms. The Balaban J connectivity index is 1.30. The zero-order valence-electron chi connectivity index (χ0n) is 18.1. The normalized spacial score (nSPS) is 25.1. The van der Waals surface area contributed by atoms with Crippen molar-refractivity contribution < 1.29 is 13.7 Å². The van der Waals surface area contributed by atoms with Gasteiger partial charge in [0.25, 0.3) is 0 Å². The number of carbonyl (C=O) groups is 1. The smallest absolute Gasteiger partial charge is 0.234 e. The molecule has 0 spiro atoms. The Hall–Kier alpha value is -3.06. The molecule has 3 atom stereocenters. The van der Waals surface area contributed by atoms with Crippen LogP contribution in [0, 0.1) is 18.7 Å².